The number of nitrogens with zero attached hydrogens (tertiary/aromatic N) is 3. The van der Waals surface area contributed by atoms with E-state index in [-0.39, 0.29) is 54.6 Å². The number of aliphatic hydroxyl groups excluding tert-OH is 1. The van der Waals surface area contributed by atoms with Crippen LogP contribution in [0.2, 0.25) is 0 Å². The van der Waals surface area contributed by atoms with Crippen molar-refractivity contribution >= 4 is 23.6 Å². The molecule has 0 radical (unpaired) electrons. The number of carbonyl (C=O) groups is 4. The zero-order chi connectivity index (χ0) is 27.8. The summed E-state index contributed by atoms with van der Waals surface area (Å²) in [6.45, 7) is 8.07. The summed E-state index contributed by atoms with van der Waals surface area (Å²) in [7, 11) is 0. The van der Waals surface area contributed by atoms with Gasteiger partial charge in [0, 0.05) is 25.4 Å². The van der Waals surface area contributed by atoms with Gasteiger partial charge >= 0.3 is 5.97 Å². The molecule has 2 bridgehead atoms. The van der Waals surface area contributed by atoms with E-state index >= 15 is 0 Å². The smallest absolute Gasteiger partial charge is 0.329 e. The Bertz CT molecular complexity index is 1120. The molecule has 1 saturated heterocycles. The summed E-state index contributed by atoms with van der Waals surface area (Å²) in [5.74, 6) is -2.33. The van der Waals surface area contributed by atoms with E-state index in [1.165, 1.54) is 17.1 Å². The molecule has 38 heavy (non-hydrogen) atoms. The van der Waals surface area contributed by atoms with Crippen molar-refractivity contribution in [3.63, 3.8) is 0 Å². The first kappa shape index (κ1) is 29.0. The summed E-state index contributed by atoms with van der Waals surface area (Å²) in [5, 5.41) is 16.7. The highest BCUT2D eigenvalue weighted by Gasteiger charge is 2.39. The van der Waals surface area contributed by atoms with E-state index in [9.17, 15) is 24.3 Å². The van der Waals surface area contributed by atoms with Gasteiger partial charge in [0.15, 0.2) is 0 Å². The molecule has 3 heterocycles. The summed E-state index contributed by atoms with van der Waals surface area (Å²) >= 11 is 0. The Morgan fingerprint density at radius 1 is 1.18 bits per heavy atom. The number of fused-ring (bicyclic) bond motifs is 3. The minimum Gasteiger partial charge on any atom is -0.460 e. The molecule has 0 aliphatic carbocycles. The van der Waals surface area contributed by atoms with Crippen LogP contribution in [0.25, 0.3) is 0 Å². The Morgan fingerprint density at radius 2 is 1.95 bits per heavy atom. The fraction of sp³-hybridized carbons (Fsp3) is 0.556. The highest BCUT2D eigenvalue weighted by molar-refractivity contribution is 5.94. The SMILES string of the molecule is CC1=C\[C@@H](O)CC(=O)Cc2nc(no2)C(=O)N2CCC[C@@H]2C(=O)O[C@H](C(C)C)[C@H](C)/C=C/C(=O)NC\C=C\1. The molecule has 11 nitrogen and oxygen atoms in total. The molecule has 11 heteroatoms. The number of amides is 2. The van der Waals surface area contributed by atoms with Crippen LogP contribution >= 0.6 is 0 Å². The van der Waals surface area contributed by atoms with E-state index in [0.29, 0.717) is 19.4 Å². The van der Waals surface area contributed by atoms with E-state index in [0.717, 1.165) is 5.57 Å². The summed E-state index contributed by atoms with van der Waals surface area (Å²) in [6.07, 6.45) is 7.20. The first-order valence-electron chi connectivity index (χ1n) is 12.9. The summed E-state index contributed by atoms with van der Waals surface area (Å²) in [6, 6.07) is -0.801. The Labute approximate surface area is 222 Å². The second kappa shape index (κ2) is 13.3. The van der Waals surface area contributed by atoms with E-state index in [4.69, 9.17) is 9.26 Å². The topological polar surface area (TPSA) is 152 Å². The van der Waals surface area contributed by atoms with Crippen LogP contribution in [0, 0.1) is 11.8 Å². The first-order chi connectivity index (χ1) is 18.0. The number of ether oxygens (including phenoxy) is 1. The first-order valence-corrected chi connectivity index (χ1v) is 12.9. The Kier molecular flexibility index (Phi) is 10.1. The van der Waals surface area contributed by atoms with Crippen molar-refractivity contribution in [2.75, 3.05) is 13.1 Å². The van der Waals surface area contributed by atoms with Crippen LogP contribution < -0.4 is 5.32 Å². The molecule has 1 aromatic rings. The number of esters is 1. The number of rotatable bonds is 1. The highest BCUT2D eigenvalue weighted by atomic mass is 16.5. The van der Waals surface area contributed by atoms with Crippen molar-refractivity contribution in [2.45, 2.75) is 71.6 Å². The van der Waals surface area contributed by atoms with E-state index < -0.39 is 30.1 Å². The van der Waals surface area contributed by atoms with Gasteiger partial charge in [-0.05, 0) is 31.8 Å². The number of aromatic nitrogens is 2. The predicted octanol–water partition coefficient (Wildman–Crippen LogP) is 1.93. The standard InChI is InChI=1S/C27H36N4O7/c1-16(2)24-18(4)9-10-22(34)28-11-5-7-17(3)13-19(32)14-20(33)15-23-29-25(30-38-23)26(35)31-12-6-8-21(31)27(36)37-24/h5,7,9-10,13,16,18-19,21,24,32H,6,8,11-12,14-15H2,1-4H3,(H,28,34)/b7-5+,10-9+,17-13+/t18-,19-,21-,24-/m1/s1. The lowest BCUT2D eigenvalue weighted by molar-refractivity contribution is -0.158. The lowest BCUT2D eigenvalue weighted by Crippen LogP contribution is -2.44. The van der Waals surface area contributed by atoms with Gasteiger partial charge in [-0.25, -0.2) is 4.79 Å². The van der Waals surface area contributed by atoms with Crippen molar-refractivity contribution in [1.82, 2.24) is 20.4 Å². The van der Waals surface area contributed by atoms with Gasteiger partial charge in [0.05, 0.1) is 12.5 Å². The van der Waals surface area contributed by atoms with Crippen LogP contribution in [0.4, 0.5) is 0 Å². The second-order valence-electron chi connectivity index (χ2n) is 10.1. The van der Waals surface area contributed by atoms with Gasteiger partial charge in [-0.2, -0.15) is 4.98 Å². The van der Waals surface area contributed by atoms with Crippen LogP contribution in [0.3, 0.4) is 0 Å². The molecule has 2 aliphatic rings. The molecule has 2 aliphatic heterocycles. The molecule has 1 aromatic heterocycles. The van der Waals surface area contributed by atoms with Gasteiger partial charge < -0.3 is 24.6 Å². The zero-order valence-corrected chi connectivity index (χ0v) is 22.3. The summed E-state index contributed by atoms with van der Waals surface area (Å²) < 4.78 is 11.0. The molecule has 206 valence electrons. The number of aliphatic hydroxyl groups is 1. The van der Waals surface area contributed by atoms with Crippen molar-refractivity contribution in [3.05, 3.63) is 47.7 Å². The average molecular weight is 529 g/mol. The zero-order valence-electron chi connectivity index (χ0n) is 22.3. The third kappa shape index (κ3) is 7.95. The van der Waals surface area contributed by atoms with Crippen LogP contribution in [0.5, 0.6) is 0 Å². The minimum atomic E-state index is -1.03. The second-order valence-corrected chi connectivity index (χ2v) is 10.1. The van der Waals surface area contributed by atoms with Crippen LogP contribution in [-0.2, 0) is 25.5 Å². The Morgan fingerprint density at radius 3 is 2.68 bits per heavy atom. The van der Waals surface area contributed by atoms with Crippen LogP contribution in [-0.4, -0.2) is 75.1 Å². The molecule has 0 spiro atoms. The fourth-order valence-corrected chi connectivity index (χ4v) is 4.56. The molecule has 0 unspecified atom stereocenters. The maximum atomic E-state index is 13.1. The van der Waals surface area contributed by atoms with Gasteiger partial charge in [-0.15, -0.1) is 0 Å². The maximum Gasteiger partial charge on any atom is 0.329 e. The number of Topliss-reactive ketones (excluding diaryl/α,β-unsaturated/α-hetero) is 1. The van der Waals surface area contributed by atoms with Gasteiger partial charge in [-0.1, -0.05) is 55.8 Å². The number of hydrogen-bond donors (Lipinski definition) is 2. The summed E-state index contributed by atoms with van der Waals surface area (Å²) in [4.78, 5) is 56.3. The third-order valence-electron chi connectivity index (χ3n) is 6.44. The molecule has 2 N–H and O–H groups in total. The number of carbonyl (C=O) groups excluding carboxylic acids is 4. The van der Waals surface area contributed by atoms with Crippen molar-refractivity contribution in [2.24, 2.45) is 11.8 Å². The molecule has 0 aromatic carbocycles. The van der Waals surface area contributed by atoms with Crippen molar-refractivity contribution < 1.29 is 33.5 Å². The molecular weight excluding hydrogens is 492 g/mol. The lowest BCUT2D eigenvalue weighted by atomic mass is 9.94. The Hall–Kier alpha value is -3.60. The van der Waals surface area contributed by atoms with Gasteiger partial charge in [0.1, 0.15) is 17.9 Å². The summed E-state index contributed by atoms with van der Waals surface area (Å²) in [5.41, 5.74) is 0.717. The van der Waals surface area contributed by atoms with Crippen molar-refractivity contribution in [1.29, 1.82) is 0 Å². The lowest BCUT2D eigenvalue weighted by Gasteiger charge is -2.29. The number of hydrogen-bond acceptors (Lipinski definition) is 9. The number of ketones is 1. The van der Waals surface area contributed by atoms with Gasteiger partial charge in [0.2, 0.25) is 11.8 Å². The highest BCUT2D eigenvalue weighted by Crippen LogP contribution is 2.25. The quantitative estimate of drug-likeness (QED) is 0.521. The molecular formula is C27H36N4O7. The van der Waals surface area contributed by atoms with Gasteiger partial charge in [0.25, 0.3) is 11.7 Å². The Balaban J connectivity index is 1.85. The molecule has 1 fully saturated rings. The normalized spacial score (nSPS) is 29.7. The number of allylic oxidation sites excluding steroid dienone is 2. The number of cyclic esters (lactones) is 1. The largest absolute Gasteiger partial charge is 0.460 e. The maximum absolute atomic E-state index is 13.1. The predicted molar refractivity (Wildman–Crippen MR) is 137 cm³/mol. The number of nitrogens with one attached hydrogen (secondary N) is 1. The van der Waals surface area contributed by atoms with Crippen molar-refractivity contribution in [3.8, 4) is 0 Å². The third-order valence-corrected chi connectivity index (χ3v) is 6.44. The van der Waals surface area contributed by atoms with E-state index in [1.807, 2.05) is 20.8 Å². The monoisotopic (exact) mass is 528 g/mol. The van der Waals surface area contributed by atoms with Crippen LogP contribution in [0.15, 0.2) is 40.5 Å². The van der Waals surface area contributed by atoms with E-state index in [1.54, 1.807) is 25.2 Å². The molecule has 2 amide bonds. The average Bonchev–Trinajstić information content (AvgIpc) is 3.52. The van der Waals surface area contributed by atoms with E-state index in [2.05, 4.69) is 15.5 Å². The molecule has 4 atom stereocenters. The van der Waals surface area contributed by atoms with Crippen LogP contribution in [0.1, 0.15) is 63.5 Å². The molecule has 3 rings (SSSR count). The fourth-order valence-electron chi connectivity index (χ4n) is 4.56. The minimum absolute atomic E-state index is 0.0351. The molecule has 0 saturated carbocycles. The van der Waals surface area contributed by atoms with Gasteiger partial charge in [-0.3, -0.25) is 14.4 Å².